The zero-order valence-corrected chi connectivity index (χ0v) is 16.7. The summed E-state index contributed by atoms with van der Waals surface area (Å²) in [5.74, 6) is 1.14. The molecule has 8 heteroatoms. The van der Waals surface area contributed by atoms with Gasteiger partial charge in [0.15, 0.2) is 12.4 Å². The Balaban J connectivity index is 2.58. The van der Waals surface area contributed by atoms with Gasteiger partial charge in [0.1, 0.15) is 19.0 Å². The van der Waals surface area contributed by atoms with Crippen LogP contribution in [0.3, 0.4) is 0 Å². The summed E-state index contributed by atoms with van der Waals surface area (Å²) in [6.07, 6.45) is 1.68. The van der Waals surface area contributed by atoms with Crippen LogP contribution in [-0.4, -0.2) is 25.5 Å². The molecule has 0 spiro atoms. The van der Waals surface area contributed by atoms with E-state index in [4.69, 9.17) is 37.5 Å². The van der Waals surface area contributed by atoms with Gasteiger partial charge in [0, 0.05) is 6.07 Å². The summed E-state index contributed by atoms with van der Waals surface area (Å²) < 4.78 is 12.3. The number of ether oxygens (including phenoxy) is 2. The van der Waals surface area contributed by atoms with Crippen LogP contribution in [0, 0.1) is 0 Å². The van der Waals surface area contributed by atoms with Gasteiger partial charge in [-0.1, -0.05) is 28.4 Å². The van der Waals surface area contributed by atoms with Gasteiger partial charge in [-0.05, 0) is 57.8 Å². The predicted octanol–water partition coefficient (Wildman–Crippen LogP) is 5.75. The molecule has 0 N–H and O–H groups in total. The molecule has 122 valence electrons. The average Bonchev–Trinajstić information content (AvgIpc) is 2.40. The maximum Gasteiger partial charge on any atom is 0.152 e. The SMILES string of the molecule is CC(C)=NOCCOc1c(Cl)cc(OC/C=C(\Cl)Br)cc1Br. The standard InChI is InChI=1S/C14H15Br2Cl2NO3/c1-9(2)19-22-6-5-21-14-11(15)7-10(8-12(14)17)20-4-3-13(16)18/h3,7-8H,4-6H2,1-2H3/b13-3-. The molecule has 4 nitrogen and oxygen atoms in total. The quantitative estimate of drug-likeness (QED) is 0.273. The van der Waals surface area contributed by atoms with Gasteiger partial charge in [0.25, 0.3) is 0 Å². The lowest BCUT2D eigenvalue weighted by Gasteiger charge is -2.12. The van der Waals surface area contributed by atoms with E-state index in [0.29, 0.717) is 44.8 Å². The summed E-state index contributed by atoms with van der Waals surface area (Å²) in [6, 6.07) is 3.44. The van der Waals surface area contributed by atoms with Crippen molar-refractivity contribution in [2.75, 3.05) is 19.8 Å². The maximum atomic E-state index is 6.19. The summed E-state index contributed by atoms with van der Waals surface area (Å²) >= 11 is 18.4. The molecule has 0 aliphatic carbocycles. The highest BCUT2D eigenvalue weighted by atomic mass is 79.9. The number of hydrogen-bond donors (Lipinski definition) is 0. The second kappa shape index (κ2) is 10.4. The number of hydrogen-bond acceptors (Lipinski definition) is 4. The summed E-state index contributed by atoms with van der Waals surface area (Å²) in [5.41, 5.74) is 0.846. The van der Waals surface area contributed by atoms with Crippen LogP contribution in [0.2, 0.25) is 5.02 Å². The van der Waals surface area contributed by atoms with Gasteiger partial charge < -0.3 is 14.3 Å². The van der Waals surface area contributed by atoms with Crippen LogP contribution < -0.4 is 9.47 Å². The Morgan fingerprint density at radius 1 is 1.27 bits per heavy atom. The third kappa shape index (κ3) is 7.72. The highest BCUT2D eigenvalue weighted by Gasteiger charge is 2.10. The largest absolute Gasteiger partial charge is 0.489 e. The molecule has 0 atom stereocenters. The van der Waals surface area contributed by atoms with Gasteiger partial charge >= 0.3 is 0 Å². The van der Waals surface area contributed by atoms with Crippen LogP contribution in [0.1, 0.15) is 13.8 Å². The Hall–Kier alpha value is -0.430. The van der Waals surface area contributed by atoms with Crippen molar-refractivity contribution in [3.8, 4) is 11.5 Å². The van der Waals surface area contributed by atoms with Crippen molar-refractivity contribution >= 4 is 60.8 Å². The van der Waals surface area contributed by atoms with Gasteiger partial charge in [-0.3, -0.25) is 0 Å². The molecule has 0 aliphatic rings. The summed E-state index contributed by atoms with van der Waals surface area (Å²) in [6.45, 7) is 4.70. The molecule has 0 fully saturated rings. The molecule has 22 heavy (non-hydrogen) atoms. The fourth-order valence-electron chi connectivity index (χ4n) is 1.31. The van der Waals surface area contributed by atoms with Gasteiger partial charge in [-0.2, -0.15) is 0 Å². The zero-order chi connectivity index (χ0) is 16.5. The lowest BCUT2D eigenvalue weighted by molar-refractivity contribution is 0.106. The number of nitrogens with zero attached hydrogens (tertiary/aromatic N) is 1. The smallest absolute Gasteiger partial charge is 0.152 e. The van der Waals surface area contributed by atoms with Crippen LogP contribution in [-0.2, 0) is 4.84 Å². The molecule has 0 aliphatic heterocycles. The van der Waals surface area contributed by atoms with Gasteiger partial charge in [-0.15, -0.1) is 0 Å². The van der Waals surface area contributed by atoms with E-state index in [-0.39, 0.29) is 0 Å². The minimum atomic E-state index is 0.329. The van der Waals surface area contributed by atoms with Gasteiger partial charge in [0.05, 0.1) is 19.1 Å². The zero-order valence-electron chi connectivity index (χ0n) is 12.0. The molecular formula is C14H15Br2Cl2NO3. The van der Waals surface area contributed by atoms with E-state index in [0.717, 1.165) is 5.71 Å². The summed E-state index contributed by atoms with van der Waals surface area (Å²) in [5, 5.41) is 4.25. The molecule has 1 aromatic rings. The van der Waals surface area contributed by atoms with Gasteiger partial charge in [0.2, 0.25) is 0 Å². The fraction of sp³-hybridized carbons (Fsp3) is 0.357. The van der Waals surface area contributed by atoms with E-state index in [1.54, 1.807) is 18.2 Å². The van der Waals surface area contributed by atoms with Crippen LogP contribution >= 0.6 is 55.1 Å². The van der Waals surface area contributed by atoms with E-state index in [1.165, 1.54) is 0 Å². The number of halogens is 4. The highest BCUT2D eigenvalue weighted by Crippen LogP contribution is 2.37. The fourth-order valence-corrected chi connectivity index (χ4v) is 2.44. The molecule has 0 amide bonds. The monoisotopic (exact) mass is 473 g/mol. The highest BCUT2D eigenvalue weighted by molar-refractivity contribution is 9.12. The van der Waals surface area contributed by atoms with Crippen molar-refractivity contribution in [1.29, 1.82) is 0 Å². The predicted molar refractivity (Wildman–Crippen MR) is 97.7 cm³/mol. The molecular weight excluding hydrogens is 461 g/mol. The van der Waals surface area contributed by atoms with E-state index in [9.17, 15) is 0 Å². The second-order valence-corrected chi connectivity index (χ2v) is 7.22. The van der Waals surface area contributed by atoms with Crippen LogP contribution in [0.15, 0.2) is 31.8 Å². The topological polar surface area (TPSA) is 40.0 Å². The molecule has 1 rings (SSSR count). The first-order valence-corrected chi connectivity index (χ1v) is 8.63. The second-order valence-electron chi connectivity index (χ2n) is 4.24. The lowest BCUT2D eigenvalue weighted by Crippen LogP contribution is -2.06. The normalized spacial score (nSPS) is 11.1. The van der Waals surface area contributed by atoms with Crippen molar-refractivity contribution in [2.45, 2.75) is 13.8 Å². The molecule has 0 radical (unpaired) electrons. The van der Waals surface area contributed by atoms with E-state index in [2.05, 4.69) is 37.0 Å². The summed E-state index contributed by atoms with van der Waals surface area (Å²) in [7, 11) is 0. The first-order valence-electron chi connectivity index (χ1n) is 6.29. The van der Waals surface area contributed by atoms with Crippen molar-refractivity contribution in [1.82, 2.24) is 0 Å². The number of benzene rings is 1. The molecule has 0 saturated heterocycles. The van der Waals surface area contributed by atoms with Crippen LogP contribution in [0.25, 0.3) is 0 Å². The maximum absolute atomic E-state index is 6.19. The molecule has 0 bridgehead atoms. The Kier molecular flexibility index (Phi) is 9.24. The Labute approximate surface area is 156 Å². The minimum Gasteiger partial charge on any atom is -0.489 e. The number of rotatable bonds is 8. The number of oxime groups is 1. The van der Waals surface area contributed by atoms with Crippen LogP contribution in [0.4, 0.5) is 0 Å². The molecule has 0 unspecified atom stereocenters. The minimum absolute atomic E-state index is 0.329. The van der Waals surface area contributed by atoms with Crippen molar-refractivity contribution in [3.05, 3.63) is 31.6 Å². The van der Waals surface area contributed by atoms with Gasteiger partial charge in [-0.25, -0.2) is 0 Å². The first kappa shape index (κ1) is 19.6. The van der Waals surface area contributed by atoms with E-state index in [1.807, 2.05) is 13.8 Å². The Morgan fingerprint density at radius 3 is 2.59 bits per heavy atom. The third-order valence-electron chi connectivity index (χ3n) is 2.13. The summed E-state index contributed by atoms with van der Waals surface area (Å²) in [4.78, 5) is 5.05. The van der Waals surface area contributed by atoms with E-state index >= 15 is 0 Å². The Bertz CT molecular complexity index is 534. The molecule has 1 aromatic carbocycles. The van der Waals surface area contributed by atoms with Crippen molar-refractivity contribution in [3.63, 3.8) is 0 Å². The van der Waals surface area contributed by atoms with E-state index < -0.39 is 0 Å². The average molecular weight is 476 g/mol. The molecule has 0 aromatic heterocycles. The van der Waals surface area contributed by atoms with Crippen LogP contribution in [0.5, 0.6) is 11.5 Å². The lowest BCUT2D eigenvalue weighted by atomic mass is 10.3. The third-order valence-corrected chi connectivity index (χ3v) is 3.48. The molecule has 0 heterocycles. The molecule has 0 saturated carbocycles. The Morgan fingerprint density at radius 2 is 2.00 bits per heavy atom. The van der Waals surface area contributed by atoms with Crippen molar-refractivity contribution < 1.29 is 14.3 Å². The van der Waals surface area contributed by atoms with Crippen molar-refractivity contribution in [2.24, 2.45) is 5.16 Å². The first-order chi connectivity index (χ1) is 10.4.